The Bertz CT molecular complexity index is 753. The van der Waals surface area contributed by atoms with E-state index >= 15 is 0 Å². The van der Waals surface area contributed by atoms with Crippen molar-refractivity contribution in [1.82, 2.24) is 10.0 Å². The van der Waals surface area contributed by atoms with Crippen molar-refractivity contribution in [1.29, 1.82) is 0 Å². The van der Waals surface area contributed by atoms with Gasteiger partial charge in [-0.2, -0.15) is 13.2 Å². The van der Waals surface area contributed by atoms with Gasteiger partial charge in [0.2, 0.25) is 5.91 Å². The molecule has 1 aromatic carbocycles. The van der Waals surface area contributed by atoms with Gasteiger partial charge in [0.05, 0.1) is 5.56 Å². The van der Waals surface area contributed by atoms with Crippen molar-refractivity contribution < 1.29 is 22.8 Å². The third-order valence-electron chi connectivity index (χ3n) is 4.69. The van der Waals surface area contributed by atoms with E-state index in [9.17, 15) is 22.8 Å². The van der Waals surface area contributed by atoms with Gasteiger partial charge in [0.25, 0.3) is 0 Å². The first-order valence-electron chi connectivity index (χ1n) is 8.14. The molecule has 7 heteroatoms. The van der Waals surface area contributed by atoms with Crippen LogP contribution in [0.15, 0.2) is 35.5 Å². The van der Waals surface area contributed by atoms with E-state index in [1.54, 1.807) is 19.1 Å². The average molecular weight is 352 g/mol. The highest BCUT2D eigenvalue weighted by atomic mass is 19.4. The molecular formula is C18H19F3N2O2. The molecular weight excluding hydrogens is 333 g/mol. The monoisotopic (exact) mass is 352 g/mol. The Kier molecular flexibility index (Phi) is 4.45. The van der Waals surface area contributed by atoms with Crippen LogP contribution in [0.3, 0.4) is 0 Å². The number of rotatable bonds is 2. The average Bonchev–Trinajstić information content (AvgIpc) is 2.53. The van der Waals surface area contributed by atoms with E-state index in [0.29, 0.717) is 30.5 Å². The van der Waals surface area contributed by atoms with E-state index < -0.39 is 17.7 Å². The fourth-order valence-corrected chi connectivity index (χ4v) is 3.76. The minimum atomic E-state index is -4.53. The van der Waals surface area contributed by atoms with Gasteiger partial charge in [-0.25, -0.2) is 10.0 Å². The second kappa shape index (κ2) is 6.29. The summed E-state index contributed by atoms with van der Waals surface area (Å²) in [5, 5.41) is 3.02. The van der Waals surface area contributed by atoms with Crippen LogP contribution in [-0.2, 0) is 15.8 Å². The molecule has 3 rings (SSSR count). The maximum Gasteiger partial charge on any atom is 0.416 e. The van der Waals surface area contributed by atoms with Gasteiger partial charge < -0.3 is 0 Å². The van der Waals surface area contributed by atoms with Gasteiger partial charge in [0.1, 0.15) is 0 Å². The lowest BCUT2D eigenvalue weighted by atomic mass is 9.76. The minimum absolute atomic E-state index is 0.00417. The summed E-state index contributed by atoms with van der Waals surface area (Å²) in [6.07, 6.45) is -3.26. The topological polar surface area (TPSA) is 40.6 Å². The molecule has 0 radical (unpaired) electrons. The van der Waals surface area contributed by atoms with Crippen LogP contribution < -0.4 is 0 Å². The molecule has 25 heavy (non-hydrogen) atoms. The fraction of sp³-hybridized carbons (Fsp3) is 0.444. The first-order valence-corrected chi connectivity index (χ1v) is 8.14. The van der Waals surface area contributed by atoms with E-state index in [4.69, 9.17) is 0 Å². The number of amides is 1. The van der Waals surface area contributed by atoms with E-state index in [1.165, 1.54) is 23.2 Å². The van der Waals surface area contributed by atoms with E-state index in [0.717, 1.165) is 6.07 Å². The minimum Gasteiger partial charge on any atom is -0.294 e. The summed E-state index contributed by atoms with van der Waals surface area (Å²) in [4.78, 5) is 25.2. The maximum atomic E-state index is 13.4. The Labute approximate surface area is 143 Å². The second-order valence-electron chi connectivity index (χ2n) is 6.53. The van der Waals surface area contributed by atoms with Crippen molar-refractivity contribution in [2.24, 2.45) is 0 Å². The van der Waals surface area contributed by atoms with Crippen LogP contribution in [0, 0.1) is 0 Å². The molecule has 1 aliphatic carbocycles. The van der Waals surface area contributed by atoms with Crippen molar-refractivity contribution in [3.63, 3.8) is 0 Å². The second-order valence-corrected chi connectivity index (χ2v) is 6.53. The van der Waals surface area contributed by atoms with Gasteiger partial charge >= 0.3 is 6.18 Å². The molecule has 0 bridgehead atoms. The van der Waals surface area contributed by atoms with Gasteiger partial charge in [0, 0.05) is 44.1 Å². The van der Waals surface area contributed by atoms with Gasteiger partial charge in [-0.3, -0.25) is 9.59 Å². The molecule has 0 aromatic heterocycles. The molecule has 0 saturated heterocycles. The highest BCUT2D eigenvalue weighted by Gasteiger charge is 2.43. The third kappa shape index (κ3) is 3.08. The zero-order valence-corrected chi connectivity index (χ0v) is 14.1. The largest absolute Gasteiger partial charge is 0.416 e. The number of hydrogen-bond acceptors (Lipinski definition) is 3. The highest BCUT2D eigenvalue weighted by Crippen LogP contribution is 2.45. The molecule has 2 aliphatic rings. The Hall–Kier alpha value is -2.15. The third-order valence-corrected chi connectivity index (χ3v) is 4.69. The molecule has 1 aromatic rings. The number of halogens is 3. The number of alkyl halides is 3. The lowest BCUT2D eigenvalue weighted by Crippen LogP contribution is -2.47. The zero-order valence-electron chi connectivity index (χ0n) is 14.1. The number of ketones is 1. The summed E-state index contributed by atoms with van der Waals surface area (Å²) in [5.41, 5.74) is 0.122. The Morgan fingerprint density at radius 3 is 2.44 bits per heavy atom. The van der Waals surface area contributed by atoms with Crippen molar-refractivity contribution >= 4 is 11.7 Å². The summed E-state index contributed by atoms with van der Waals surface area (Å²) in [5.74, 6) is -1.30. The van der Waals surface area contributed by atoms with E-state index in [-0.39, 0.29) is 23.7 Å². The summed E-state index contributed by atoms with van der Waals surface area (Å²) in [6.45, 7) is 0. The van der Waals surface area contributed by atoms with Gasteiger partial charge in [0.15, 0.2) is 5.78 Å². The molecule has 1 atom stereocenters. The number of benzene rings is 1. The van der Waals surface area contributed by atoms with Crippen molar-refractivity contribution in [2.45, 2.75) is 37.8 Å². The molecule has 1 aliphatic heterocycles. The van der Waals surface area contributed by atoms with Gasteiger partial charge in [-0.05, 0) is 24.5 Å². The van der Waals surface area contributed by atoms with Crippen LogP contribution in [0.2, 0.25) is 0 Å². The summed E-state index contributed by atoms with van der Waals surface area (Å²) < 4.78 is 40.3. The lowest BCUT2D eigenvalue weighted by molar-refractivity contribution is -0.144. The number of hydrazine groups is 1. The quantitative estimate of drug-likeness (QED) is 0.818. The summed E-state index contributed by atoms with van der Waals surface area (Å²) in [7, 11) is 3.37. The number of carbonyl (C=O) groups excluding carboxylic acids is 2. The Morgan fingerprint density at radius 2 is 1.80 bits per heavy atom. The van der Waals surface area contributed by atoms with Crippen LogP contribution in [0.5, 0.6) is 0 Å². The maximum absolute atomic E-state index is 13.4. The normalized spacial score (nSPS) is 21.8. The van der Waals surface area contributed by atoms with E-state index in [2.05, 4.69) is 0 Å². The smallest absolute Gasteiger partial charge is 0.294 e. The molecule has 0 saturated carbocycles. The molecule has 4 nitrogen and oxygen atoms in total. The Morgan fingerprint density at radius 1 is 1.12 bits per heavy atom. The van der Waals surface area contributed by atoms with Crippen LogP contribution in [0.1, 0.15) is 42.7 Å². The number of Topliss-reactive ketones (excluding diaryl/α,β-unsaturated/α-hetero) is 1. The zero-order chi connectivity index (χ0) is 18.4. The molecule has 0 N–H and O–H groups in total. The predicted octanol–water partition coefficient (Wildman–Crippen LogP) is 3.51. The van der Waals surface area contributed by atoms with Crippen LogP contribution >= 0.6 is 0 Å². The highest BCUT2D eigenvalue weighted by molar-refractivity contribution is 6.01. The molecule has 0 fully saturated rings. The van der Waals surface area contributed by atoms with Crippen LogP contribution in [0.4, 0.5) is 13.2 Å². The number of allylic oxidation sites excluding steroid dienone is 2. The SMILES string of the molecule is CN(C)N1C(=O)CC(c2ccccc2C(F)(F)F)C2=C1CCCC2=O. The lowest BCUT2D eigenvalue weighted by Gasteiger charge is -2.41. The van der Waals surface area contributed by atoms with E-state index in [1.807, 2.05) is 0 Å². The molecule has 1 amide bonds. The molecule has 0 spiro atoms. The first kappa shape index (κ1) is 17.7. The van der Waals surface area contributed by atoms with Crippen molar-refractivity contribution in [2.75, 3.05) is 14.1 Å². The molecule has 134 valence electrons. The fourth-order valence-electron chi connectivity index (χ4n) is 3.76. The molecule has 1 unspecified atom stereocenters. The van der Waals surface area contributed by atoms with Crippen LogP contribution in [-0.4, -0.2) is 35.8 Å². The predicted molar refractivity (Wildman–Crippen MR) is 85.2 cm³/mol. The first-order chi connectivity index (χ1) is 11.7. The van der Waals surface area contributed by atoms with Gasteiger partial charge in [-0.15, -0.1) is 0 Å². The summed E-state index contributed by atoms with van der Waals surface area (Å²) >= 11 is 0. The number of carbonyl (C=O) groups is 2. The summed E-state index contributed by atoms with van der Waals surface area (Å²) in [6, 6.07) is 5.21. The van der Waals surface area contributed by atoms with Crippen molar-refractivity contribution in [3.05, 3.63) is 46.7 Å². The van der Waals surface area contributed by atoms with Gasteiger partial charge in [-0.1, -0.05) is 18.2 Å². The van der Waals surface area contributed by atoms with Crippen molar-refractivity contribution in [3.8, 4) is 0 Å². The Balaban J connectivity index is 2.19. The number of nitrogens with zero attached hydrogens (tertiary/aromatic N) is 2. The number of hydrogen-bond donors (Lipinski definition) is 0. The standard InChI is InChI=1S/C18H19F3N2O2/c1-22(2)23-14-8-5-9-15(24)17(14)12(10-16(23)25)11-6-3-4-7-13(11)18(19,20)21/h3-4,6-7,12H,5,8-10H2,1-2H3. The van der Waals surface area contributed by atoms with Crippen LogP contribution in [0.25, 0.3) is 0 Å². The molecule has 1 heterocycles.